The van der Waals surface area contributed by atoms with E-state index in [9.17, 15) is 4.39 Å². The first kappa shape index (κ1) is 12.1. The lowest BCUT2D eigenvalue weighted by Gasteiger charge is -2.13. The first-order chi connectivity index (χ1) is 8.09. The summed E-state index contributed by atoms with van der Waals surface area (Å²) in [6, 6.07) is 8.44. The highest BCUT2D eigenvalue weighted by molar-refractivity contribution is 6.31. The molecule has 2 rings (SSSR count). The van der Waals surface area contributed by atoms with E-state index in [1.807, 2.05) is 29.8 Å². The van der Waals surface area contributed by atoms with Gasteiger partial charge in [-0.25, -0.2) is 4.39 Å². The summed E-state index contributed by atoms with van der Waals surface area (Å²) in [5.74, 6) is -0.290. The fourth-order valence-electron chi connectivity index (χ4n) is 1.84. The standard InChI is InChI=1S/C13H14ClFN2/c1-9(16)13-6-3-7-17(13)8-10-11(14)4-2-5-12(10)15/h2-7,9H,8,16H2,1H3. The molecule has 1 aromatic carbocycles. The van der Waals surface area contributed by atoms with E-state index in [0.29, 0.717) is 17.1 Å². The number of benzene rings is 1. The van der Waals surface area contributed by atoms with Crippen LogP contribution in [-0.4, -0.2) is 4.57 Å². The van der Waals surface area contributed by atoms with E-state index < -0.39 is 0 Å². The van der Waals surface area contributed by atoms with Crippen LogP contribution >= 0.6 is 11.6 Å². The summed E-state index contributed by atoms with van der Waals surface area (Å²) in [4.78, 5) is 0. The molecule has 0 fully saturated rings. The third-order valence-corrected chi connectivity index (χ3v) is 3.08. The van der Waals surface area contributed by atoms with Crippen molar-refractivity contribution < 1.29 is 4.39 Å². The second-order valence-electron chi connectivity index (χ2n) is 4.05. The molecule has 2 aromatic rings. The molecular formula is C13H14ClFN2. The van der Waals surface area contributed by atoms with E-state index in [1.165, 1.54) is 6.07 Å². The zero-order valence-electron chi connectivity index (χ0n) is 9.53. The summed E-state index contributed by atoms with van der Waals surface area (Å²) in [7, 11) is 0. The van der Waals surface area contributed by atoms with Crippen molar-refractivity contribution in [3.8, 4) is 0 Å². The van der Waals surface area contributed by atoms with Crippen LogP contribution in [0.15, 0.2) is 36.5 Å². The molecule has 0 aliphatic heterocycles. The Morgan fingerprint density at radius 2 is 2.12 bits per heavy atom. The molecule has 1 atom stereocenters. The van der Waals surface area contributed by atoms with Crippen molar-refractivity contribution in [1.82, 2.24) is 4.57 Å². The monoisotopic (exact) mass is 252 g/mol. The second kappa shape index (κ2) is 4.90. The summed E-state index contributed by atoms with van der Waals surface area (Å²) < 4.78 is 15.6. The summed E-state index contributed by atoms with van der Waals surface area (Å²) in [6.45, 7) is 2.30. The van der Waals surface area contributed by atoms with Gasteiger partial charge in [0.05, 0.1) is 6.54 Å². The molecule has 0 amide bonds. The Morgan fingerprint density at radius 3 is 2.76 bits per heavy atom. The Balaban J connectivity index is 2.35. The Labute approximate surface area is 105 Å². The van der Waals surface area contributed by atoms with Gasteiger partial charge >= 0.3 is 0 Å². The van der Waals surface area contributed by atoms with E-state index in [0.717, 1.165) is 5.69 Å². The van der Waals surface area contributed by atoms with Crippen LogP contribution in [0.2, 0.25) is 5.02 Å². The number of hydrogen-bond acceptors (Lipinski definition) is 1. The number of nitrogens with two attached hydrogens (primary N) is 1. The quantitative estimate of drug-likeness (QED) is 0.892. The maximum Gasteiger partial charge on any atom is 0.129 e. The molecule has 0 bridgehead atoms. The van der Waals surface area contributed by atoms with Crippen LogP contribution in [0.1, 0.15) is 24.2 Å². The molecular weight excluding hydrogens is 239 g/mol. The van der Waals surface area contributed by atoms with E-state index in [2.05, 4.69) is 0 Å². The Hall–Kier alpha value is -1.32. The van der Waals surface area contributed by atoms with Crippen molar-refractivity contribution in [2.45, 2.75) is 19.5 Å². The van der Waals surface area contributed by atoms with Crippen LogP contribution in [0.25, 0.3) is 0 Å². The molecule has 0 aliphatic rings. The highest BCUT2D eigenvalue weighted by Crippen LogP contribution is 2.22. The fourth-order valence-corrected chi connectivity index (χ4v) is 2.06. The average Bonchev–Trinajstić information content (AvgIpc) is 2.72. The molecule has 0 saturated heterocycles. The Morgan fingerprint density at radius 1 is 1.35 bits per heavy atom. The lowest BCUT2D eigenvalue weighted by atomic mass is 10.2. The normalized spacial score (nSPS) is 12.7. The number of rotatable bonds is 3. The van der Waals surface area contributed by atoms with Gasteiger partial charge in [0.15, 0.2) is 0 Å². The Kier molecular flexibility index (Phi) is 3.50. The van der Waals surface area contributed by atoms with Crippen LogP contribution in [0, 0.1) is 5.82 Å². The zero-order valence-corrected chi connectivity index (χ0v) is 10.3. The second-order valence-corrected chi connectivity index (χ2v) is 4.46. The number of aromatic nitrogens is 1. The fraction of sp³-hybridized carbons (Fsp3) is 0.231. The van der Waals surface area contributed by atoms with Gasteiger partial charge in [-0.15, -0.1) is 0 Å². The third-order valence-electron chi connectivity index (χ3n) is 2.72. The van der Waals surface area contributed by atoms with Crippen molar-refractivity contribution in [3.63, 3.8) is 0 Å². The van der Waals surface area contributed by atoms with Crippen molar-refractivity contribution in [2.75, 3.05) is 0 Å². The summed E-state index contributed by atoms with van der Waals surface area (Å²) in [5, 5.41) is 0.439. The van der Waals surface area contributed by atoms with Gasteiger partial charge < -0.3 is 10.3 Å². The molecule has 2 nitrogen and oxygen atoms in total. The zero-order chi connectivity index (χ0) is 12.4. The van der Waals surface area contributed by atoms with Gasteiger partial charge in [-0.3, -0.25) is 0 Å². The summed E-state index contributed by atoms with van der Waals surface area (Å²) >= 11 is 5.99. The van der Waals surface area contributed by atoms with Gasteiger partial charge in [0.1, 0.15) is 5.82 Å². The van der Waals surface area contributed by atoms with E-state index in [4.69, 9.17) is 17.3 Å². The molecule has 0 spiro atoms. The van der Waals surface area contributed by atoms with E-state index >= 15 is 0 Å². The average molecular weight is 253 g/mol. The smallest absolute Gasteiger partial charge is 0.129 e. The molecule has 1 heterocycles. The number of hydrogen-bond donors (Lipinski definition) is 1. The van der Waals surface area contributed by atoms with Crippen molar-refractivity contribution in [3.05, 3.63) is 58.6 Å². The molecule has 2 N–H and O–H groups in total. The molecule has 1 aromatic heterocycles. The molecule has 0 aliphatic carbocycles. The minimum Gasteiger partial charge on any atom is -0.345 e. The maximum atomic E-state index is 13.6. The van der Waals surface area contributed by atoms with Gasteiger partial charge in [0, 0.05) is 28.5 Å². The topological polar surface area (TPSA) is 30.9 Å². The molecule has 1 unspecified atom stereocenters. The minimum atomic E-state index is -0.290. The molecule has 17 heavy (non-hydrogen) atoms. The van der Waals surface area contributed by atoms with E-state index in [1.54, 1.807) is 12.1 Å². The summed E-state index contributed by atoms with van der Waals surface area (Å²) in [6.07, 6.45) is 1.88. The first-order valence-corrected chi connectivity index (χ1v) is 5.81. The van der Waals surface area contributed by atoms with Gasteiger partial charge in [-0.05, 0) is 31.2 Å². The van der Waals surface area contributed by atoms with Crippen LogP contribution in [0.4, 0.5) is 4.39 Å². The molecule has 90 valence electrons. The Bertz CT molecular complexity index is 500. The maximum absolute atomic E-state index is 13.6. The number of nitrogens with zero attached hydrogens (tertiary/aromatic N) is 1. The number of halogens is 2. The molecule has 4 heteroatoms. The van der Waals surface area contributed by atoms with Gasteiger partial charge in [-0.1, -0.05) is 17.7 Å². The van der Waals surface area contributed by atoms with Crippen LogP contribution in [0.5, 0.6) is 0 Å². The van der Waals surface area contributed by atoms with Gasteiger partial charge in [-0.2, -0.15) is 0 Å². The largest absolute Gasteiger partial charge is 0.345 e. The predicted molar refractivity (Wildman–Crippen MR) is 67.5 cm³/mol. The first-order valence-electron chi connectivity index (χ1n) is 5.43. The SMILES string of the molecule is CC(N)c1cccn1Cc1c(F)cccc1Cl. The van der Waals surface area contributed by atoms with Gasteiger partial charge in [0.2, 0.25) is 0 Å². The third kappa shape index (κ3) is 2.51. The predicted octanol–water partition coefficient (Wildman–Crippen LogP) is 3.35. The lowest BCUT2D eigenvalue weighted by Crippen LogP contribution is -2.13. The minimum absolute atomic E-state index is 0.0875. The van der Waals surface area contributed by atoms with Gasteiger partial charge in [0.25, 0.3) is 0 Å². The van der Waals surface area contributed by atoms with Crippen molar-refractivity contribution >= 4 is 11.6 Å². The summed E-state index contributed by atoms with van der Waals surface area (Å²) in [5.41, 5.74) is 7.30. The van der Waals surface area contributed by atoms with Crippen LogP contribution in [-0.2, 0) is 6.54 Å². The van der Waals surface area contributed by atoms with Crippen molar-refractivity contribution in [2.24, 2.45) is 5.73 Å². The highest BCUT2D eigenvalue weighted by Gasteiger charge is 2.11. The lowest BCUT2D eigenvalue weighted by molar-refractivity contribution is 0.590. The highest BCUT2D eigenvalue weighted by atomic mass is 35.5. The molecule has 0 saturated carbocycles. The molecule has 0 radical (unpaired) electrons. The van der Waals surface area contributed by atoms with Crippen LogP contribution < -0.4 is 5.73 Å². The van der Waals surface area contributed by atoms with E-state index in [-0.39, 0.29) is 11.9 Å². The van der Waals surface area contributed by atoms with Crippen molar-refractivity contribution in [1.29, 1.82) is 0 Å². The van der Waals surface area contributed by atoms with Crippen LogP contribution in [0.3, 0.4) is 0 Å².